The Morgan fingerprint density at radius 2 is 1.38 bits per heavy atom. The van der Waals surface area contributed by atoms with Crippen LogP contribution < -0.4 is 10.6 Å². The quantitative estimate of drug-likeness (QED) is 0.823. The lowest BCUT2D eigenvalue weighted by molar-refractivity contribution is -0.120. The summed E-state index contributed by atoms with van der Waals surface area (Å²) in [5.41, 5.74) is 1.64. The fraction of sp³-hybridized carbons (Fsp3) is 0.263. The summed E-state index contributed by atoms with van der Waals surface area (Å²) in [5.74, 6) is -0.667. The summed E-state index contributed by atoms with van der Waals surface area (Å²) in [4.78, 5) is 24.2. The molecule has 2 N–H and O–H groups in total. The third kappa shape index (κ3) is 4.65. The number of anilines is 2. The molecule has 0 heterocycles. The zero-order valence-corrected chi connectivity index (χ0v) is 13.8. The third-order valence-corrected chi connectivity index (χ3v) is 3.87. The molecule has 0 spiro atoms. The number of nitrogens with one attached hydrogen (secondary N) is 2. The second-order valence-corrected chi connectivity index (χ2v) is 5.54. The third-order valence-electron chi connectivity index (χ3n) is 3.87. The molecule has 0 aliphatic rings. The van der Waals surface area contributed by atoms with E-state index in [1.807, 2.05) is 13.8 Å². The molecule has 4 nitrogen and oxygen atoms in total. The molecule has 0 aliphatic heterocycles. The van der Waals surface area contributed by atoms with Gasteiger partial charge in [0.05, 0.1) is 0 Å². The average Bonchev–Trinajstić information content (AvgIpc) is 2.58. The summed E-state index contributed by atoms with van der Waals surface area (Å²) in [6, 6.07) is 12.2. The molecule has 5 heteroatoms. The van der Waals surface area contributed by atoms with E-state index in [1.165, 1.54) is 24.3 Å². The fourth-order valence-electron chi connectivity index (χ4n) is 2.35. The van der Waals surface area contributed by atoms with Crippen molar-refractivity contribution in [3.05, 3.63) is 59.9 Å². The highest BCUT2D eigenvalue weighted by molar-refractivity contribution is 6.04. The normalized spacial score (nSPS) is 10.5. The number of benzene rings is 2. The Kier molecular flexibility index (Phi) is 6.07. The Balaban J connectivity index is 1.99. The first kappa shape index (κ1) is 17.7. The van der Waals surface area contributed by atoms with Crippen LogP contribution in [0.1, 0.15) is 37.0 Å². The van der Waals surface area contributed by atoms with Crippen LogP contribution in [-0.4, -0.2) is 11.8 Å². The minimum Gasteiger partial charge on any atom is -0.326 e. The number of rotatable bonds is 6. The van der Waals surface area contributed by atoms with E-state index in [2.05, 4.69) is 10.6 Å². The SMILES string of the molecule is CCC(CC)C(=O)Nc1ccc(C(=O)Nc2ccc(F)cc2)cc1. The van der Waals surface area contributed by atoms with Crippen molar-refractivity contribution < 1.29 is 14.0 Å². The smallest absolute Gasteiger partial charge is 0.255 e. The molecule has 2 amide bonds. The average molecular weight is 328 g/mol. The number of carbonyl (C=O) groups excluding carboxylic acids is 2. The minimum absolute atomic E-state index is 0.00792. The molecular formula is C19H21FN2O2. The van der Waals surface area contributed by atoms with Gasteiger partial charge in [0.15, 0.2) is 0 Å². The predicted octanol–water partition coefficient (Wildman–Crippen LogP) is 4.45. The van der Waals surface area contributed by atoms with Gasteiger partial charge in [-0.05, 0) is 61.4 Å². The summed E-state index contributed by atoms with van der Waals surface area (Å²) >= 11 is 0. The molecule has 0 radical (unpaired) electrons. The van der Waals surface area contributed by atoms with Gasteiger partial charge in [0.1, 0.15) is 5.82 Å². The molecule has 2 aromatic carbocycles. The lowest BCUT2D eigenvalue weighted by atomic mass is 10.0. The van der Waals surface area contributed by atoms with Crippen molar-refractivity contribution in [2.24, 2.45) is 5.92 Å². The van der Waals surface area contributed by atoms with Gasteiger partial charge in [-0.15, -0.1) is 0 Å². The maximum atomic E-state index is 12.9. The van der Waals surface area contributed by atoms with Crippen LogP contribution >= 0.6 is 0 Å². The van der Waals surface area contributed by atoms with Crippen LogP contribution in [0.25, 0.3) is 0 Å². The number of carbonyl (C=O) groups is 2. The summed E-state index contributed by atoms with van der Waals surface area (Å²) in [6.45, 7) is 3.97. The molecule has 126 valence electrons. The zero-order valence-electron chi connectivity index (χ0n) is 13.8. The van der Waals surface area contributed by atoms with E-state index >= 15 is 0 Å². The standard InChI is InChI=1S/C19H21FN2O2/c1-3-13(4-2)18(23)21-16-9-5-14(6-10-16)19(24)22-17-11-7-15(20)8-12-17/h5-13H,3-4H2,1-2H3,(H,21,23)(H,22,24). The van der Waals surface area contributed by atoms with Gasteiger partial charge in [0.25, 0.3) is 5.91 Å². The van der Waals surface area contributed by atoms with Gasteiger partial charge in [0, 0.05) is 22.9 Å². The van der Waals surface area contributed by atoms with E-state index in [0.717, 1.165) is 12.8 Å². The summed E-state index contributed by atoms with van der Waals surface area (Å²) in [7, 11) is 0. The maximum absolute atomic E-state index is 12.9. The molecule has 0 aliphatic carbocycles. The van der Waals surface area contributed by atoms with Gasteiger partial charge in [-0.25, -0.2) is 4.39 Å². The highest BCUT2D eigenvalue weighted by Gasteiger charge is 2.14. The highest BCUT2D eigenvalue weighted by atomic mass is 19.1. The molecule has 0 saturated carbocycles. The number of hydrogen-bond acceptors (Lipinski definition) is 2. The number of halogens is 1. The van der Waals surface area contributed by atoms with Crippen LogP contribution in [-0.2, 0) is 4.79 Å². The van der Waals surface area contributed by atoms with Gasteiger partial charge in [-0.3, -0.25) is 9.59 Å². The Bertz CT molecular complexity index is 692. The predicted molar refractivity (Wildman–Crippen MR) is 93.5 cm³/mol. The summed E-state index contributed by atoms with van der Waals surface area (Å²) in [6.07, 6.45) is 1.58. The van der Waals surface area contributed by atoms with Crippen LogP contribution in [0.4, 0.5) is 15.8 Å². The molecule has 0 aromatic heterocycles. The maximum Gasteiger partial charge on any atom is 0.255 e. The second-order valence-electron chi connectivity index (χ2n) is 5.54. The van der Waals surface area contributed by atoms with E-state index in [1.54, 1.807) is 24.3 Å². The van der Waals surface area contributed by atoms with E-state index in [9.17, 15) is 14.0 Å². The number of amides is 2. The van der Waals surface area contributed by atoms with Crippen molar-refractivity contribution in [3.63, 3.8) is 0 Å². The van der Waals surface area contributed by atoms with E-state index in [4.69, 9.17) is 0 Å². The van der Waals surface area contributed by atoms with E-state index < -0.39 is 0 Å². The number of hydrogen-bond donors (Lipinski definition) is 2. The first-order chi connectivity index (χ1) is 11.5. The molecule has 0 fully saturated rings. The molecule has 0 atom stereocenters. The summed E-state index contributed by atoms with van der Waals surface area (Å²) < 4.78 is 12.9. The van der Waals surface area contributed by atoms with E-state index in [0.29, 0.717) is 16.9 Å². The second kappa shape index (κ2) is 8.24. The molecule has 24 heavy (non-hydrogen) atoms. The minimum atomic E-state index is -0.356. The van der Waals surface area contributed by atoms with Gasteiger partial charge < -0.3 is 10.6 Å². The Labute approximate surface area is 141 Å². The highest BCUT2D eigenvalue weighted by Crippen LogP contribution is 2.16. The topological polar surface area (TPSA) is 58.2 Å². The first-order valence-electron chi connectivity index (χ1n) is 8.01. The lowest BCUT2D eigenvalue weighted by Crippen LogP contribution is -2.21. The van der Waals surface area contributed by atoms with Crippen LogP contribution in [0, 0.1) is 11.7 Å². The van der Waals surface area contributed by atoms with Crippen LogP contribution in [0.15, 0.2) is 48.5 Å². The van der Waals surface area contributed by atoms with Crippen molar-refractivity contribution in [1.82, 2.24) is 0 Å². The van der Waals surface area contributed by atoms with Crippen molar-refractivity contribution in [1.29, 1.82) is 0 Å². The Morgan fingerprint density at radius 1 is 0.875 bits per heavy atom. The van der Waals surface area contributed by atoms with Gasteiger partial charge in [-0.2, -0.15) is 0 Å². The van der Waals surface area contributed by atoms with E-state index in [-0.39, 0.29) is 23.5 Å². The Hall–Kier alpha value is -2.69. The molecule has 2 rings (SSSR count). The zero-order chi connectivity index (χ0) is 17.5. The van der Waals surface area contributed by atoms with Crippen LogP contribution in [0.3, 0.4) is 0 Å². The van der Waals surface area contributed by atoms with Gasteiger partial charge in [0.2, 0.25) is 5.91 Å². The fourth-order valence-corrected chi connectivity index (χ4v) is 2.35. The Morgan fingerprint density at radius 3 is 1.92 bits per heavy atom. The van der Waals surface area contributed by atoms with Crippen molar-refractivity contribution in [2.45, 2.75) is 26.7 Å². The lowest BCUT2D eigenvalue weighted by Gasteiger charge is -2.13. The molecule has 0 unspecified atom stereocenters. The van der Waals surface area contributed by atoms with Crippen molar-refractivity contribution in [3.8, 4) is 0 Å². The van der Waals surface area contributed by atoms with Crippen LogP contribution in [0.5, 0.6) is 0 Å². The van der Waals surface area contributed by atoms with Crippen LogP contribution in [0.2, 0.25) is 0 Å². The monoisotopic (exact) mass is 328 g/mol. The summed E-state index contributed by atoms with van der Waals surface area (Å²) in [5, 5.41) is 5.54. The van der Waals surface area contributed by atoms with Crippen molar-refractivity contribution >= 4 is 23.2 Å². The molecule has 2 aromatic rings. The van der Waals surface area contributed by atoms with Gasteiger partial charge in [-0.1, -0.05) is 13.8 Å². The molecule has 0 saturated heterocycles. The largest absolute Gasteiger partial charge is 0.326 e. The first-order valence-corrected chi connectivity index (χ1v) is 8.01. The van der Waals surface area contributed by atoms with Crippen molar-refractivity contribution in [2.75, 3.05) is 10.6 Å². The molecule has 0 bridgehead atoms. The molecular weight excluding hydrogens is 307 g/mol. The van der Waals surface area contributed by atoms with Gasteiger partial charge >= 0.3 is 0 Å².